The molecule has 7 nitrogen and oxygen atoms in total. The van der Waals surface area contributed by atoms with Crippen LogP contribution in [0, 0.1) is 0 Å². The molecule has 0 bridgehead atoms. The summed E-state index contributed by atoms with van der Waals surface area (Å²) in [6.07, 6.45) is 0. The molecule has 1 atom stereocenters. The zero-order chi connectivity index (χ0) is 16.6. The molecule has 0 aliphatic carbocycles. The second-order valence-electron chi connectivity index (χ2n) is 5.38. The van der Waals surface area contributed by atoms with Gasteiger partial charge < -0.3 is 15.0 Å². The van der Waals surface area contributed by atoms with Gasteiger partial charge in [0.25, 0.3) is 10.0 Å². The van der Waals surface area contributed by atoms with Crippen LogP contribution in [0.15, 0.2) is 29.3 Å². The lowest BCUT2D eigenvalue weighted by molar-refractivity contribution is -0.124. The lowest BCUT2D eigenvalue weighted by Gasteiger charge is -2.31. The van der Waals surface area contributed by atoms with Crippen molar-refractivity contribution < 1.29 is 17.9 Å². The van der Waals surface area contributed by atoms with Crippen LogP contribution < -0.4 is 5.32 Å². The number of carbonyl (C=O) groups excluding carboxylic acids is 1. The van der Waals surface area contributed by atoms with Crippen LogP contribution in [0.2, 0.25) is 5.02 Å². The lowest BCUT2D eigenvalue weighted by Crippen LogP contribution is -2.57. The van der Waals surface area contributed by atoms with E-state index in [1.807, 2.05) is 0 Å². The van der Waals surface area contributed by atoms with E-state index in [1.54, 1.807) is 18.2 Å². The smallest absolute Gasteiger partial charge is 0.259 e. The number of fused-ring (bicyclic) bond motifs is 1. The number of hydrogen-bond acceptors (Lipinski definition) is 4. The summed E-state index contributed by atoms with van der Waals surface area (Å²) >= 11 is 5.92. The number of nitrogens with zero attached hydrogens (tertiary/aromatic N) is 1. The van der Waals surface area contributed by atoms with Gasteiger partial charge in [0.1, 0.15) is 5.03 Å². The van der Waals surface area contributed by atoms with Crippen LogP contribution in [-0.4, -0.2) is 56.5 Å². The van der Waals surface area contributed by atoms with Crippen LogP contribution in [-0.2, 0) is 19.6 Å². The summed E-state index contributed by atoms with van der Waals surface area (Å²) in [5.74, 6) is -0.346. The molecule has 1 aromatic heterocycles. The fraction of sp³-hybridized carbons (Fsp3) is 0.357. The van der Waals surface area contributed by atoms with E-state index in [2.05, 4.69) is 10.3 Å². The molecule has 23 heavy (non-hydrogen) atoms. The van der Waals surface area contributed by atoms with Gasteiger partial charge in [0.05, 0.1) is 19.2 Å². The number of aromatic nitrogens is 1. The summed E-state index contributed by atoms with van der Waals surface area (Å²) in [7, 11) is -2.30. The molecule has 2 N–H and O–H groups in total. The highest BCUT2D eigenvalue weighted by atomic mass is 35.5. The number of hydrogen-bond donors (Lipinski definition) is 2. The number of ether oxygens (including phenoxy) is 1. The summed E-state index contributed by atoms with van der Waals surface area (Å²) < 4.78 is 31.7. The highest BCUT2D eigenvalue weighted by Crippen LogP contribution is 2.24. The van der Waals surface area contributed by atoms with Gasteiger partial charge in [-0.3, -0.25) is 4.79 Å². The zero-order valence-corrected chi connectivity index (χ0v) is 13.9. The molecule has 0 saturated carbocycles. The predicted molar refractivity (Wildman–Crippen MR) is 85.9 cm³/mol. The zero-order valence-electron chi connectivity index (χ0n) is 12.4. The molecular weight excluding hydrogens is 342 g/mol. The number of rotatable bonds is 4. The van der Waals surface area contributed by atoms with Crippen molar-refractivity contribution in [1.82, 2.24) is 14.6 Å². The first-order valence-corrected chi connectivity index (χ1v) is 8.78. The van der Waals surface area contributed by atoms with Crippen molar-refractivity contribution in [3.8, 4) is 0 Å². The first kappa shape index (κ1) is 16.3. The second kappa shape index (κ2) is 6.12. The fourth-order valence-electron chi connectivity index (χ4n) is 2.62. The normalized spacial score (nSPS) is 19.9. The minimum absolute atomic E-state index is 0.0423. The number of piperazine rings is 1. The molecular formula is C14H16ClN3O4S. The maximum Gasteiger partial charge on any atom is 0.259 e. The Labute approximate surface area is 138 Å². The average molecular weight is 358 g/mol. The van der Waals surface area contributed by atoms with Crippen molar-refractivity contribution in [3.05, 3.63) is 29.3 Å². The van der Waals surface area contributed by atoms with Crippen LogP contribution in [0.5, 0.6) is 0 Å². The van der Waals surface area contributed by atoms with E-state index in [9.17, 15) is 13.2 Å². The summed E-state index contributed by atoms with van der Waals surface area (Å²) in [5, 5.41) is 3.98. The third-order valence-electron chi connectivity index (χ3n) is 3.65. The second-order valence-corrected chi connectivity index (χ2v) is 7.73. The minimum atomic E-state index is -3.80. The molecule has 0 spiro atoms. The number of sulfonamides is 1. The minimum Gasteiger partial charge on any atom is -0.383 e. The summed E-state index contributed by atoms with van der Waals surface area (Å²) in [6, 6.07) is 6.24. The number of carbonyl (C=O) groups is 1. The maximum absolute atomic E-state index is 12.8. The number of benzene rings is 1. The SMILES string of the molecule is COCC1CN(S(=O)(=O)c2cc3cc(Cl)ccc3[nH]2)CC(=O)N1. The van der Waals surface area contributed by atoms with E-state index in [0.717, 1.165) is 4.31 Å². The van der Waals surface area contributed by atoms with Gasteiger partial charge in [0.2, 0.25) is 5.91 Å². The van der Waals surface area contributed by atoms with Gasteiger partial charge in [-0.05, 0) is 24.3 Å². The van der Waals surface area contributed by atoms with Crippen molar-refractivity contribution in [1.29, 1.82) is 0 Å². The molecule has 1 saturated heterocycles. The van der Waals surface area contributed by atoms with Crippen LogP contribution in [0.1, 0.15) is 0 Å². The van der Waals surface area contributed by atoms with Gasteiger partial charge in [-0.25, -0.2) is 8.42 Å². The largest absolute Gasteiger partial charge is 0.383 e. The molecule has 1 aromatic carbocycles. The number of H-pyrrole nitrogens is 1. The molecule has 1 unspecified atom stereocenters. The van der Waals surface area contributed by atoms with Crippen LogP contribution in [0.3, 0.4) is 0 Å². The Bertz CT molecular complexity index is 849. The number of amides is 1. The molecule has 9 heteroatoms. The molecule has 1 fully saturated rings. The molecule has 2 aromatic rings. The van der Waals surface area contributed by atoms with Gasteiger partial charge in [0.15, 0.2) is 0 Å². The van der Waals surface area contributed by atoms with E-state index in [0.29, 0.717) is 15.9 Å². The Morgan fingerprint density at radius 3 is 2.91 bits per heavy atom. The molecule has 1 amide bonds. The van der Waals surface area contributed by atoms with Crippen molar-refractivity contribution in [2.24, 2.45) is 0 Å². The third-order valence-corrected chi connectivity index (χ3v) is 5.62. The first-order chi connectivity index (χ1) is 10.9. The standard InChI is InChI=1S/C14H16ClN3O4S/c1-22-8-11-6-18(7-13(19)16-11)23(20,21)14-5-9-4-10(15)2-3-12(9)17-14/h2-5,11,17H,6-8H2,1H3,(H,16,19). The van der Waals surface area contributed by atoms with Crippen molar-refractivity contribution >= 4 is 38.4 Å². The van der Waals surface area contributed by atoms with E-state index < -0.39 is 10.0 Å². The lowest BCUT2D eigenvalue weighted by atomic mass is 10.2. The predicted octanol–water partition coefficient (Wildman–Crippen LogP) is 0.957. The molecule has 1 aliphatic heterocycles. The van der Waals surface area contributed by atoms with Crippen LogP contribution >= 0.6 is 11.6 Å². The first-order valence-electron chi connectivity index (χ1n) is 6.97. The Hall–Kier alpha value is -1.61. The van der Waals surface area contributed by atoms with E-state index in [1.165, 1.54) is 13.2 Å². The monoisotopic (exact) mass is 357 g/mol. The number of methoxy groups -OCH3 is 1. The van der Waals surface area contributed by atoms with Gasteiger partial charge in [0, 0.05) is 29.6 Å². The van der Waals surface area contributed by atoms with Gasteiger partial charge in [-0.1, -0.05) is 11.6 Å². The van der Waals surface area contributed by atoms with Crippen LogP contribution in [0.25, 0.3) is 10.9 Å². The molecule has 1 aliphatic rings. The highest BCUT2D eigenvalue weighted by molar-refractivity contribution is 7.89. The summed E-state index contributed by atoms with van der Waals surface area (Å²) in [5.41, 5.74) is 0.669. The van der Waals surface area contributed by atoms with E-state index in [-0.39, 0.29) is 36.7 Å². The fourth-order valence-corrected chi connectivity index (χ4v) is 4.26. The Morgan fingerprint density at radius 2 is 2.17 bits per heavy atom. The molecule has 0 radical (unpaired) electrons. The van der Waals surface area contributed by atoms with Gasteiger partial charge in [-0.15, -0.1) is 0 Å². The Morgan fingerprint density at radius 1 is 1.39 bits per heavy atom. The number of halogens is 1. The maximum atomic E-state index is 12.8. The average Bonchev–Trinajstić information content (AvgIpc) is 2.90. The van der Waals surface area contributed by atoms with Gasteiger partial charge >= 0.3 is 0 Å². The van der Waals surface area contributed by atoms with Crippen molar-refractivity contribution in [2.45, 2.75) is 11.1 Å². The van der Waals surface area contributed by atoms with Gasteiger partial charge in [-0.2, -0.15) is 4.31 Å². The van der Waals surface area contributed by atoms with Crippen molar-refractivity contribution in [2.75, 3.05) is 26.8 Å². The molecule has 2 heterocycles. The number of aromatic amines is 1. The number of nitrogens with one attached hydrogen (secondary N) is 2. The van der Waals surface area contributed by atoms with E-state index in [4.69, 9.17) is 16.3 Å². The molecule has 3 rings (SSSR count). The topological polar surface area (TPSA) is 91.5 Å². The Kier molecular flexibility index (Phi) is 4.33. The van der Waals surface area contributed by atoms with E-state index >= 15 is 0 Å². The van der Waals surface area contributed by atoms with Crippen molar-refractivity contribution in [3.63, 3.8) is 0 Å². The summed E-state index contributed by atoms with van der Waals surface area (Å²) in [6.45, 7) is 0.205. The quantitative estimate of drug-likeness (QED) is 0.852. The third kappa shape index (κ3) is 3.20. The van der Waals surface area contributed by atoms with Crippen LogP contribution in [0.4, 0.5) is 0 Å². The molecule has 124 valence electrons. The Balaban J connectivity index is 1.94. The summed E-state index contributed by atoms with van der Waals surface area (Å²) in [4.78, 5) is 14.6. The highest BCUT2D eigenvalue weighted by Gasteiger charge is 2.34.